The molecular formula is C34H29N. The summed E-state index contributed by atoms with van der Waals surface area (Å²) in [5, 5.41) is 0. The van der Waals surface area contributed by atoms with Gasteiger partial charge in [-0.05, 0) is 56.6 Å². The largest absolute Gasteiger partial charge is 0.399 e. The van der Waals surface area contributed by atoms with Crippen molar-refractivity contribution in [1.29, 1.82) is 0 Å². The molecule has 0 saturated heterocycles. The Balaban J connectivity index is 0.000000168. The SMILES string of the molecule is C=Cc1cccc(-c2ccccc2)c1C=C.Nc1ccc(-c2ccccc2)c(-c2ccccc2)c1. The molecule has 0 aliphatic carbocycles. The van der Waals surface area contributed by atoms with Crippen LogP contribution in [0.25, 0.3) is 45.5 Å². The van der Waals surface area contributed by atoms with Crippen LogP contribution >= 0.6 is 0 Å². The van der Waals surface area contributed by atoms with Crippen LogP contribution in [0.15, 0.2) is 141 Å². The highest BCUT2D eigenvalue weighted by Gasteiger charge is 2.07. The third-order valence-corrected chi connectivity index (χ3v) is 5.86. The molecule has 0 aromatic heterocycles. The minimum Gasteiger partial charge on any atom is -0.399 e. The second-order valence-corrected chi connectivity index (χ2v) is 8.12. The summed E-state index contributed by atoms with van der Waals surface area (Å²) in [6.07, 6.45) is 3.75. The van der Waals surface area contributed by atoms with Gasteiger partial charge in [-0.3, -0.25) is 0 Å². The van der Waals surface area contributed by atoms with Crippen LogP contribution in [-0.2, 0) is 0 Å². The molecule has 0 radical (unpaired) electrons. The molecule has 0 bridgehead atoms. The minimum atomic E-state index is 0.790. The predicted molar refractivity (Wildman–Crippen MR) is 154 cm³/mol. The quantitative estimate of drug-likeness (QED) is 0.265. The van der Waals surface area contributed by atoms with Crippen molar-refractivity contribution in [2.24, 2.45) is 0 Å². The van der Waals surface area contributed by atoms with E-state index < -0.39 is 0 Å². The molecule has 1 nitrogen and oxygen atoms in total. The highest BCUT2D eigenvalue weighted by molar-refractivity contribution is 5.85. The molecule has 0 saturated carbocycles. The number of nitrogens with two attached hydrogens (primary N) is 1. The molecule has 35 heavy (non-hydrogen) atoms. The summed E-state index contributed by atoms with van der Waals surface area (Å²) in [4.78, 5) is 0. The first kappa shape index (κ1) is 23.5. The standard InChI is InChI=1S/C18H15N.C16H14/c19-16-11-12-17(14-7-3-1-4-8-14)18(13-16)15-9-5-2-6-10-15;1-3-13-11-8-12-16(15(13)4-2)14-9-6-5-7-10-14/h1-13H,19H2;3-12H,1-2H2. The number of nitrogen functional groups attached to an aromatic ring is 1. The van der Waals surface area contributed by atoms with E-state index in [-0.39, 0.29) is 0 Å². The summed E-state index contributed by atoms with van der Waals surface area (Å²) >= 11 is 0. The normalized spacial score (nSPS) is 10.1. The Labute approximate surface area is 208 Å². The van der Waals surface area contributed by atoms with Crippen molar-refractivity contribution in [2.45, 2.75) is 0 Å². The molecular weight excluding hydrogens is 422 g/mol. The van der Waals surface area contributed by atoms with Crippen LogP contribution < -0.4 is 5.73 Å². The molecule has 5 rings (SSSR count). The Bertz CT molecular complexity index is 1400. The van der Waals surface area contributed by atoms with Gasteiger partial charge >= 0.3 is 0 Å². The second-order valence-electron chi connectivity index (χ2n) is 8.12. The first-order chi connectivity index (χ1) is 17.2. The van der Waals surface area contributed by atoms with Gasteiger partial charge in [-0.1, -0.05) is 141 Å². The van der Waals surface area contributed by atoms with E-state index in [2.05, 4.69) is 79.9 Å². The third kappa shape index (κ3) is 5.66. The zero-order valence-corrected chi connectivity index (χ0v) is 19.8. The van der Waals surface area contributed by atoms with E-state index in [4.69, 9.17) is 5.73 Å². The first-order valence-corrected chi connectivity index (χ1v) is 11.6. The third-order valence-electron chi connectivity index (χ3n) is 5.86. The molecule has 0 aliphatic heterocycles. The average molecular weight is 452 g/mol. The van der Waals surface area contributed by atoms with Crippen LogP contribution in [0.5, 0.6) is 0 Å². The van der Waals surface area contributed by atoms with Crippen LogP contribution in [0.1, 0.15) is 11.1 Å². The molecule has 0 heterocycles. The Morgan fingerprint density at radius 1 is 0.457 bits per heavy atom. The number of rotatable bonds is 5. The van der Waals surface area contributed by atoms with Gasteiger partial charge in [0.05, 0.1) is 0 Å². The lowest BCUT2D eigenvalue weighted by atomic mass is 9.94. The van der Waals surface area contributed by atoms with Gasteiger partial charge in [0.1, 0.15) is 0 Å². The Hall–Kier alpha value is -4.62. The lowest BCUT2D eigenvalue weighted by Gasteiger charge is -2.11. The van der Waals surface area contributed by atoms with Crippen molar-refractivity contribution in [3.63, 3.8) is 0 Å². The molecule has 170 valence electrons. The van der Waals surface area contributed by atoms with E-state index in [1.54, 1.807) is 0 Å². The van der Waals surface area contributed by atoms with Gasteiger partial charge in [0.25, 0.3) is 0 Å². The zero-order valence-electron chi connectivity index (χ0n) is 19.8. The van der Waals surface area contributed by atoms with Gasteiger partial charge in [-0.25, -0.2) is 0 Å². The van der Waals surface area contributed by atoms with E-state index in [1.165, 1.54) is 33.4 Å². The van der Waals surface area contributed by atoms with Gasteiger partial charge in [-0.15, -0.1) is 0 Å². The Kier molecular flexibility index (Phi) is 7.73. The van der Waals surface area contributed by atoms with Crippen LogP contribution in [-0.4, -0.2) is 0 Å². The van der Waals surface area contributed by atoms with E-state index in [0.717, 1.165) is 16.8 Å². The number of hydrogen-bond acceptors (Lipinski definition) is 1. The molecule has 1 heteroatoms. The monoisotopic (exact) mass is 451 g/mol. The molecule has 0 amide bonds. The van der Waals surface area contributed by atoms with Crippen LogP contribution in [0.2, 0.25) is 0 Å². The van der Waals surface area contributed by atoms with Gasteiger partial charge < -0.3 is 5.73 Å². The van der Waals surface area contributed by atoms with Crippen molar-refractivity contribution in [3.05, 3.63) is 152 Å². The van der Waals surface area contributed by atoms with Crippen LogP contribution in [0.4, 0.5) is 5.69 Å². The molecule has 5 aromatic rings. The van der Waals surface area contributed by atoms with E-state index in [0.29, 0.717) is 0 Å². The Morgan fingerprint density at radius 2 is 0.971 bits per heavy atom. The number of hydrogen-bond donors (Lipinski definition) is 1. The summed E-state index contributed by atoms with van der Waals surface area (Å²) in [5.74, 6) is 0. The van der Waals surface area contributed by atoms with Crippen molar-refractivity contribution < 1.29 is 0 Å². The van der Waals surface area contributed by atoms with Crippen molar-refractivity contribution >= 4 is 17.8 Å². The average Bonchev–Trinajstić information content (AvgIpc) is 2.94. The van der Waals surface area contributed by atoms with E-state index >= 15 is 0 Å². The van der Waals surface area contributed by atoms with Gasteiger partial charge in [0.15, 0.2) is 0 Å². The fraction of sp³-hybridized carbons (Fsp3) is 0. The zero-order chi connectivity index (χ0) is 24.5. The molecule has 0 aliphatic rings. The maximum atomic E-state index is 5.94. The van der Waals surface area contributed by atoms with Crippen molar-refractivity contribution in [2.75, 3.05) is 5.73 Å². The summed E-state index contributed by atoms with van der Waals surface area (Å²) in [5.41, 5.74) is 16.2. The lowest BCUT2D eigenvalue weighted by molar-refractivity contribution is 1.57. The van der Waals surface area contributed by atoms with Crippen LogP contribution in [0.3, 0.4) is 0 Å². The number of benzene rings is 5. The fourth-order valence-electron chi connectivity index (χ4n) is 4.15. The maximum Gasteiger partial charge on any atom is 0.0320 e. The molecule has 0 spiro atoms. The predicted octanol–water partition coefficient (Wildman–Crippen LogP) is 9.24. The smallest absolute Gasteiger partial charge is 0.0320 e. The summed E-state index contributed by atoms with van der Waals surface area (Å²) in [6, 6.07) is 43.4. The minimum absolute atomic E-state index is 0.790. The molecule has 5 aromatic carbocycles. The molecule has 0 fully saturated rings. The van der Waals surface area contributed by atoms with E-state index in [9.17, 15) is 0 Å². The van der Waals surface area contributed by atoms with Crippen molar-refractivity contribution in [3.8, 4) is 33.4 Å². The topological polar surface area (TPSA) is 26.0 Å². The highest BCUT2D eigenvalue weighted by Crippen LogP contribution is 2.33. The fourth-order valence-corrected chi connectivity index (χ4v) is 4.15. The second kappa shape index (κ2) is 11.5. The van der Waals surface area contributed by atoms with Crippen LogP contribution in [0, 0.1) is 0 Å². The van der Waals surface area contributed by atoms with Gasteiger partial charge in [-0.2, -0.15) is 0 Å². The maximum absolute atomic E-state index is 5.94. The molecule has 0 unspecified atom stereocenters. The van der Waals surface area contributed by atoms with E-state index in [1.807, 2.05) is 72.8 Å². The lowest BCUT2D eigenvalue weighted by Crippen LogP contribution is -1.89. The van der Waals surface area contributed by atoms with Crippen molar-refractivity contribution in [1.82, 2.24) is 0 Å². The summed E-state index contributed by atoms with van der Waals surface area (Å²) in [6.45, 7) is 7.70. The first-order valence-electron chi connectivity index (χ1n) is 11.6. The number of anilines is 1. The van der Waals surface area contributed by atoms with Gasteiger partial charge in [0, 0.05) is 5.69 Å². The summed E-state index contributed by atoms with van der Waals surface area (Å²) in [7, 11) is 0. The van der Waals surface area contributed by atoms with Gasteiger partial charge in [0.2, 0.25) is 0 Å². The molecule has 2 N–H and O–H groups in total. The molecule has 0 atom stereocenters. The highest BCUT2D eigenvalue weighted by atomic mass is 14.5. The summed E-state index contributed by atoms with van der Waals surface area (Å²) < 4.78 is 0. The Morgan fingerprint density at radius 3 is 1.49 bits per heavy atom.